The molecule has 1 aromatic carbocycles. The van der Waals surface area contributed by atoms with Crippen LogP contribution in [0.15, 0.2) is 12.1 Å². The zero-order valence-corrected chi connectivity index (χ0v) is 16.4. The molecule has 2 saturated heterocycles. The van der Waals surface area contributed by atoms with Gasteiger partial charge in [-0.3, -0.25) is 9.80 Å². The van der Waals surface area contributed by atoms with Gasteiger partial charge in [-0.05, 0) is 13.1 Å². The zero-order valence-electron chi connectivity index (χ0n) is 16.4. The minimum Gasteiger partial charge on any atom is -0.496 e. The topological polar surface area (TPSA) is 57.6 Å². The molecule has 150 valence electrons. The minimum atomic E-state index is -0.306. The first-order chi connectivity index (χ1) is 13.1. The number of piperazine rings is 1. The van der Waals surface area contributed by atoms with E-state index < -0.39 is 0 Å². The molecule has 3 aliphatic rings. The number of aliphatic hydroxyl groups excluding tert-OH is 1. The van der Waals surface area contributed by atoms with Gasteiger partial charge in [0.1, 0.15) is 5.75 Å². The Hall–Kier alpha value is -1.54. The summed E-state index contributed by atoms with van der Waals surface area (Å²) in [6.07, 6.45) is 0.581. The smallest absolute Gasteiger partial charge is 0.164 e. The summed E-state index contributed by atoms with van der Waals surface area (Å²) in [4.78, 5) is 7.10. The lowest BCUT2D eigenvalue weighted by Gasteiger charge is -2.37. The van der Waals surface area contributed by atoms with Crippen molar-refractivity contribution in [3.63, 3.8) is 0 Å². The second kappa shape index (κ2) is 8.22. The highest BCUT2D eigenvalue weighted by Crippen LogP contribution is 2.37. The number of benzene rings is 1. The summed E-state index contributed by atoms with van der Waals surface area (Å²) in [5, 5.41) is 10.6. The Labute approximate surface area is 161 Å². The normalized spacial score (nSPS) is 27.5. The molecule has 0 radical (unpaired) electrons. The van der Waals surface area contributed by atoms with Crippen molar-refractivity contribution >= 4 is 0 Å². The van der Waals surface area contributed by atoms with Crippen molar-refractivity contribution in [2.45, 2.75) is 25.1 Å². The molecule has 0 aliphatic carbocycles. The number of hydrogen-bond donors (Lipinski definition) is 1. The van der Waals surface area contributed by atoms with Gasteiger partial charge < -0.3 is 24.2 Å². The first-order valence-electron chi connectivity index (χ1n) is 9.93. The van der Waals surface area contributed by atoms with Crippen LogP contribution in [0.2, 0.25) is 0 Å². The van der Waals surface area contributed by atoms with Crippen molar-refractivity contribution in [3.05, 3.63) is 17.7 Å². The van der Waals surface area contributed by atoms with Gasteiger partial charge in [-0.1, -0.05) is 0 Å². The molecule has 0 saturated carbocycles. The summed E-state index contributed by atoms with van der Waals surface area (Å²) in [5.41, 5.74) is 1.08. The number of likely N-dealkylation sites (N-methyl/N-ethyl adjacent to an activating group) is 1. The molecule has 2 fully saturated rings. The maximum absolute atomic E-state index is 10.6. The molecular formula is C20H31N3O4. The van der Waals surface area contributed by atoms with Crippen molar-refractivity contribution in [1.29, 1.82) is 0 Å². The second-order valence-corrected chi connectivity index (χ2v) is 7.83. The minimum absolute atomic E-state index is 0.213. The predicted octanol–water partition coefficient (Wildman–Crippen LogP) is 0.649. The van der Waals surface area contributed by atoms with Gasteiger partial charge in [-0.25, -0.2) is 0 Å². The molecule has 2 atom stereocenters. The number of ether oxygens (including phenoxy) is 3. The first kappa shape index (κ1) is 18.8. The molecule has 0 spiro atoms. The molecule has 1 aromatic rings. The maximum Gasteiger partial charge on any atom is 0.164 e. The molecule has 27 heavy (non-hydrogen) atoms. The van der Waals surface area contributed by atoms with Gasteiger partial charge in [0.25, 0.3) is 0 Å². The number of likely N-dealkylation sites (tertiary alicyclic amines) is 1. The number of methoxy groups -OCH3 is 1. The van der Waals surface area contributed by atoms with E-state index >= 15 is 0 Å². The Bertz CT molecular complexity index is 648. The highest BCUT2D eigenvalue weighted by atomic mass is 16.5. The van der Waals surface area contributed by atoms with E-state index in [9.17, 15) is 5.11 Å². The van der Waals surface area contributed by atoms with Gasteiger partial charge in [-0.15, -0.1) is 0 Å². The molecule has 7 nitrogen and oxygen atoms in total. The van der Waals surface area contributed by atoms with E-state index in [0.29, 0.717) is 19.8 Å². The number of fused-ring (bicyclic) bond motifs is 1. The van der Waals surface area contributed by atoms with Gasteiger partial charge in [0.15, 0.2) is 11.5 Å². The first-order valence-corrected chi connectivity index (χ1v) is 9.93. The third kappa shape index (κ3) is 4.16. The van der Waals surface area contributed by atoms with E-state index in [4.69, 9.17) is 14.2 Å². The molecule has 1 N–H and O–H groups in total. The van der Waals surface area contributed by atoms with Crippen LogP contribution in [0.3, 0.4) is 0 Å². The van der Waals surface area contributed by atoms with Crippen LogP contribution < -0.4 is 14.2 Å². The van der Waals surface area contributed by atoms with E-state index in [1.165, 1.54) is 0 Å². The van der Waals surface area contributed by atoms with E-state index in [1.54, 1.807) is 7.11 Å². The second-order valence-electron chi connectivity index (χ2n) is 7.83. The van der Waals surface area contributed by atoms with Crippen molar-refractivity contribution in [1.82, 2.24) is 14.7 Å². The summed E-state index contributed by atoms with van der Waals surface area (Å²) < 4.78 is 17.2. The lowest BCUT2D eigenvalue weighted by Crippen LogP contribution is -2.52. The summed E-state index contributed by atoms with van der Waals surface area (Å²) >= 11 is 0. The average Bonchev–Trinajstić information content (AvgIpc) is 2.88. The monoisotopic (exact) mass is 377 g/mol. The number of β-amino-alcohol motifs (C(OH)–C–C–N with tert-alkyl or cyclic N) is 1. The fraction of sp³-hybridized carbons (Fsp3) is 0.700. The maximum atomic E-state index is 10.6. The third-order valence-corrected chi connectivity index (χ3v) is 5.89. The lowest BCUT2D eigenvalue weighted by molar-refractivity contribution is 0.0512. The van der Waals surface area contributed by atoms with E-state index in [0.717, 1.165) is 68.5 Å². The third-order valence-electron chi connectivity index (χ3n) is 5.89. The fourth-order valence-corrected chi connectivity index (χ4v) is 4.28. The Morgan fingerprint density at radius 3 is 2.48 bits per heavy atom. The Morgan fingerprint density at radius 2 is 1.78 bits per heavy atom. The van der Waals surface area contributed by atoms with Crippen LogP contribution >= 0.6 is 0 Å². The van der Waals surface area contributed by atoms with Crippen LogP contribution in [0.1, 0.15) is 12.0 Å². The standard InChI is InChI=1S/C20H31N3O4/c1-21-4-6-23(7-5-21)16-13-22(14-17(16)24)12-15-10-19-20(11-18(15)25-2)27-9-3-8-26-19/h10-11,16-17,24H,3-9,12-14H2,1-2H3/t16-,17-/m1/s1. The van der Waals surface area contributed by atoms with Crippen LogP contribution in [0.4, 0.5) is 0 Å². The van der Waals surface area contributed by atoms with E-state index in [-0.39, 0.29) is 12.1 Å². The van der Waals surface area contributed by atoms with Crippen LogP contribution in [-0.4, -0.2) is 98.6 Å². The molecular weight excluding hydrogens is 346 g/mol. The molecule has 3 aliphatic heterocycles. The molecule has 4 rings (SSSR count). The number of hydrogen-bond acceptors (Lipinski definition) is 7. The zero-order chi connectivity index (χ0) is 18.8. The number of aliphatic hydroxyl groups is 1. The van der Waals surface area contributed by atoms with Gasteiger partial charge in [0, 0.05) is 69.9 Å². The van der Waals surface area contributed by atoms with Gasteiger partial charge in [0.2, 0.25) is 0 Å². The van der Waals surface area contributed by atoms with Crippen LogP contribution in [0.25, 0.3) is 0 Å². The Kier molecular flexibility index (Phi) is 5.73. The Balaban J connectivity index is 1.45. The highest BCUT2D eigenvalue weighted by Gasteiger charge is 2.36. The van der Waals surface area contributed by atoms with Crippen molar-refractivity contribution in [2.75, 3.05) is 66.6 Å². The van der Waals surface area contributed by atoms with Crippen molar-refractivity contribution < 1.29 is 19.3 Å². The number of rotatable bonds is 4. The largest absolute Gasteiger partial charge is 0.496 e. The van der Waals surface area contributed by atoms with Crippen molar-refractivity contribution in [3.8, 4) is 17.2 Å². The lowest BCUT2D eigenvalue weighted by atomic mass is 10.1. The van der Waals surface area contributed by atoms with Crippen molar-refractivity contribution in [2.24, 2.45) is 0 Å². The van der Waals surface area contributed by atoms with Gasteiger partial charge >= 0.3 is 0 Å². The van der Waals surface area contributed by atoms with Crippen LogP contribution in [0.5, 0.6) is 17.2 Å². The van der Waals surface area contributed by atoms with E-state index in [1.807, 2.05) is 12.1 Å². The van der Waals surface area contributed by atoms with Gasteiger partial charge in [0.05, 0.1) is 26.4 Å². The average molecular weight is 377 g/mol. The molecule has 0 unspecified atom stereocenters. The molecule has 0 amide bonds. The van der Waals surface area contributed by atoms with Gasteiger partial charge in [-0.2, -0.15) is 0 Å². The number of nitrogens with zero attached hydrogens (tertiary/aromatic N) is 3. The summed E-state index contributed by atoms with van der Waals surface area (Å²) in [5.74, 6) is 2.36. The SMILES string of the molecule is COc1cc2c(cc1CN1C[C@@H](O)[C@H](N3CCN(C)CC3)C1)OCCCO2. The predicted molar refractivity (Wildman–Crippen MR) is 103 cm³/mol. The summed E-state index contributed by atoms with van der Waals surface area (Å²) in [6, 6.07) is 4.18. The van der Waals surface area contributed by atoms with Crippen LogP contribution in [0, 0.1) is 0 Å². The molecule has 7 heteroatoms. The molecule has 3 heterocycles. The quantitative estimate of drug-likeness (QED) is 0.827. The summed E-state index contributed by atoms with van der Waals surface area (Å²) in [6.45, 7) is 7.84. The fourth-order valence-electron chi connectivity index (χ4n) is 4.28. The highest BCUT2D eigenvalue weighted by molar-refractivity contribution is 5.51. The molecule has 0 bridgehead atoms. The van der Waals surface area contributed by atoms with E-state index in [2.05, 4.69) is 21.7 Å². The van der Waals surface area contributed by atoms with Crippen LogP contribution in [-0.2, 0) is 6.54 Å². The Morgan fingerprint density at radius 1 is 1.07 bits per heavy atom. The summed E-state index contributed by atoms with van der Waals surface area (Å²) in [7, 11) is 3.85. The molecule has 0 aromatic heterocycles.